The normalized spacial score (nSPS) is 19.5. The highest BCUT2D eigenvalue weighted by Crippen LogP contribution is 2.35. The Balaban J connectivity index is 1.69. The van der Waals surface area contributed by atoms with E-state index in [1.807, 2.05) is 30.3 Å². The largest absolute Gasteiger partial charge is 0.481 e. The van der Waals surface area contributed by atoms with Gasteiger partial charge in [0.2, 0.25) is 0 Å². The highest BCUT2D eigenvalue weighted by molar-refractivity contribution is 7.20. The van der Waals surface area contributed by atoms with Gasteiger partial charge in [0.05, 0.1) is 22.5 Å². The summed E-state index contributed by atoms with van der Waals surface area (Å²) >= 11 is 1.17. The summed E-state index contributed by atoms with van der Waals surface area (Å²) in [4.78, 5) is 46.1. The van der Waals surface area contributed by atoms with Crippen LogP contribution in [0, 0.1) is 12.8 Å². The van der Waals surface area contributed by atoms with Crippen molar-refractivity contribution in [1.82, 2.24) is 14.9 Å². The topological polar surface area (TPSA) is 103 Å². The zero-order valence-electron chi connectivity index (χ0n) is 14.5. The molecule has 3 aromatic rings. The molecule has 1 aromatic carbocycles. The maximum atomic E-state index is 13.1. The number of nitrogens with one attached hydrogen (secondary N) is 1. The molecule has 1 saturated heterocycles. The SMILES string of the molecule is Cc1c(C(=O)N2C[C@H](C(=O)O)[C@@H](c3ccccc3)C2)sc2nc[nH]c(=O)c12. The van der Waals surface area contributed by atoms with E-state index in [1.165, 1.54) is 17.7 Å². The van der Waals surface area contributed by atoms with Crippen LogP contribution in [-0.2, 0) is 4.79 Å². The van der Waals surface area contributed by atoms with Gasteiger partial charge < -0.3 is 15.0 Å². The van der Waals surface area contributed by atoms with Gasteiger partial charge in [-0.15, -0.1) is 11.3 Å². The van der Waals surface area contributed by atoms with Crippen molar-refractivity contribution in [2.24, 2.45) is 5.92 Å². The molecule has 2 aromatic heterocycles. The Morgan fingerprint density at radius 3 is 2.67 bits per heavy atom. The number of carboxylic acid groups (broad SMARTS) is 1. The van der Waals surface area contributed by atoms with E-state index in [1.54, 1.807) is 11.8 Å². The first-order valence-corrected chi connectivity index (χ1v) is 9.33. The van der Waals surface area contributed by atoms with Gasteiger partial charge in [0.1, 0.15) is 4.83 Å². The number of carbonyl (C=O) groups is 2. The molecule has 0 radical (unpaired) electrons. The maximum absolute atomic E-state index is 13.1. The quantitative estimate of drug-likeness (QED) is 0.722. The molecule has 8 heteroatoms. The van der Waals surface area contributed by atoms with Crippen LogP contribution in [-0.4, -0.2) is 44.9 Å². The van der Waals surface area contributed by atoms with E-state index in [0.717, 1.165) is 5.56 Å². The molecular formula is C19H17N3O4S. The fourth-order valence-corrected chi connectivity index (χ4v) is 4.80. The number of hydrogen-bond acceptors (Lipinski definition) is 5. The molecule has 2 atom stereocenters. The van der Waals surface area contributed by atoms with Crippen LogP contribution in [0.1, 0.15) is 26.7 Å². The summed E-state index contributed by atoms with van der Waals surface area (Å²) in [5, 5.41) is 10.0. The third kappa shape index (κ3) is 2.91. The van der Waals surface area contributed by atoms with Crippen molar-refractivity contribution in [3.05, 3.63) is 63.0 Å². The highest BCUT2D eigenvalue weighted by Gasteiger charge is 2.41. The summed E-state index contributed by atoms with van der Waals surface area (Å²) in [5.41, 5.74) is 1.22. The van der Waals surface area contributed by atoms with Crippen molar-refractivity contribution in [3.8, 4) is 0 Å². The molecule has 0 aliphatic carbocycles. The number of carbonyl (C=O) groups excluding carboxylic acids is 1. The van der Waals surface area contributed by atoms with Gasteiger partial charge in [0.15, 0.2) is 0 Å². The summed E-state index contributed by atoms with van der Waals surface area (Å²) in [6, 6.07) is 9.40. The molecule has 4 rings (SSSR count). The number of aromatic amines is 1. The molecule has 0 bridgehead atoms. The van der Waals surface area contributed by atoms with Crippen molar-refractivity contribution < 1.29 is 14.7 Å². The zero-order chi connectivity index (χ0) is 19.1. The standard InChI is InChI=1S/C19H17N3O4S/c1-10-14-16(23)20-9-21-17(14)27-15(10)18(24)22-7-12(13(8-22)19(25)26)11-5-3-2-4-6-11/h2-6,9,12-13H,7-8H2,1H3,(H,25,26)(H,20,21,23)/t12-,13+/m1/s1. The Bertz CT molecular complexity index is 1090. The monoisotopic (exact) mass is 383 g/mol. The van der Waals surface area contributed by atoms with E-state index in [0.29, 0.717) is 27.2 Å². The number of aromatic nitrogens is 2. The third-order valence-corrected chi connectivity index (χ3v) is 6.27. The van der Waals surface area contributed by atoms with E-state index >= 15 is 0 Å². The van der Waals surface area contributed by atoms with Crippen LogP contribution in [0.15, 0.2) is 41.5 Å². The Hall–Kier alpha value is -3.00. The highest BCUT2D eigenvalue weighted by atomic mass is 32.1. The van der Waals surface area contributed by atoms with Crippen molar-refractivity contribution in [1.29, 1.82) is 0 Å². The number of H-pyrrole nitrogens is 1. The maximum Gasteiger partial charge on any atom is 0.308 e. The number of likely N-dealkylation sites (tertiary alicyclic amines) is 1. The van der Waals surface area contributed by atoms with Crippen molar-refractivity contribution in [2.45, 2.75) is 12.8 Å². The number of nitrogens with zero attached hydrogens (tertiary/aromatic N) is 2. The molecule has 138 valence electrons. The van der Waals surface area contributed by atoms with Crippen LogP contribution in [0.5, 0.6) is 0 Å². The van der Waals surface area contributed by atoms with Gasteiger partial charge in [-0.2, -0.15) is 0 Å². The van der Waals surface area contributed by atoms with Crippen molar-refractivity contribution in [2.75, 3.05) is 13.1 Å². The second-order valence-corrected chi connectivity index (χ2v) is 7.64. The summed E-state index contributed by atoms with van der Waals surface area (Å²) in [6.45, 7) is 2.20. The van der Waals surface area contributed by atoms with Gasteiger partial charge in [-0.3, -0.25) is 14.4 Å². The Kier molecular flexibility index (Phi) is 4.27. The summed E-state index contributed by atoms with van der Waals surface area (Å²) in [7, 11) is 0. The Morgan fingerprint density at radius 1 is 1.26 bits per heavy atom. The molecule has 0 spiro atoms. The Labute approximate surface area is 158 Å². The van der Waals surface area contributed by atoms with E-state index in [9.17, 15) is 19.5 Å². The van der Waals surface area contributed by atoms with Gasteiger partial charge >= 0.3 is 5.97 Å². The third-order valence-electron chi connectivity index (χ3n) is 5.08. The molecule has 1 aliphatic heterocycles. The average molecular weight is 383 g/mol. The number of carboxylic acids is 1. The molecule has 7 nitrogen and oxygen atoms in total. The lowest BCUT2D eigenvalue weighted by molar-refractivity contribution is -0.141. The molecule has 1 amide bonds. The lowest BCUT2D eigenvalue weighted by Gasteiger charge is -2.16. The summed E-state index contributed by atoms with van der Waals surface area (Å²) < 4.78 is 0. The molecule has 0 unspecified atom stereocenters. The fraction of sp³-hybridized carbons (Fsp3) is 0.263. The Morgan fingerprint density at radius 2 is 2.00 bits per heavy atom. The minimum absolute atomic E-state index is 0.144. The number of benzene rings is 1. The predicted octanol–water partition coefficient (Wildman–Crippen LogP) is 2.23. The summed E-state index contributed by atoms with van der Waals surface area (Å²) in [6.07, 6.45) is 1.32. The summed E-state index contributed by atoms with van der Waals surface area (Å²) in [5.74, 6) is -2.08. The second kappa shape index (κ2) is 6.62. The molecule has 0 saturated carbocycles. The number of rotatable bonds is 3. The first kappa shape index (κ1) is 17.4. The number of hydrogen-bond donors (Lipinski definition) is 2. The molecule has 27 heavy (non-hydrogen) atoms. The lowest BCUT2D eigenvalue weighted by Crippen LogP contribution is -2.29. The number of aryl methyl sites for hydroxylation is 1. The molecule has 1 aliphatic rings. The van der Waals surface area contributed by atoms with Crippen LogP contribution in [0.2, 0.25) is 0 Å². The number of fused-ring (bicyclic) bond motifs is 1. The minimum atomic E-state index is -0.912. The van der Waals surface area contributed by atoms with Gasteiger partial charge in [-0.1, -0.05) is 30.3 Å². The fourth-order valence-electron chi connectivity index (χ4n) is 3.68. The molecular weight excluding hydrogens is 366 g/mol. The average Bonchev–Trinajstić information content (AvgIpc) is 3.25. The van der Waals surface area contributed by atoms with E-state index in [-0.39, 0.29) is 23.9 Å². The second-order valence-electron chi connectivity index (χ2n) is 6.64. The first-order valence-electron chi connectivity index (χ1n) is 8.51. The van der Waals surface area contributed by atoms with Gasteiger partial charge in [0, 0.05) is 19.0 Å². The van der Waals surface area contributed by atoms with Crippen molar-refractivity contribution >= 4 is 33.4 Å². The van der Waals surface area contributed by atoms with Crippen LogP contribution in [0.25, 0.3) is 10.2 Å². The number of thiophene rings is 1. The van der Waals surface area contributed by atoms with E-state index in [2.05, 4.69) is 9.97 Å². The van der Waals surface area contributed by atoms with Gasteiger partial charge in [-0.25, -0.2) is 4.98 Å². The van der Waals surface area contributed by atoms with Crippen molar-refractivity contribution in [3.63, 3.8) is 0 Å². The van der Waals surface area contributed by atoms with Crippen LogP contribution < -0.4 is 5.56 Å². The zero-order valence-corrected chi connectivity index (χ0v) is 15.3. The van der Waals surface area contributed by atoms with E-state index in [4.69, 9.17) is 0 Å². The molecule has 1 fully saturated rings. The predicted molar refractivity (Wildman–Crippen MR) is 101 cm³/mol. The van der Waals surface area contributed by atoms with Crippen LogP contribution >= 0.6 is 11.3 Å². The minimum Gasteiger partial charge on any atom is -0.481 e. The first-order chi connectivity index (χ1) is 13.0. The van der Waals surface area contributed by atoms with E-state index < -0.39 is 11.9 Å². The van der Waals surface area contributed by atoms with Crippen LogP contribution in [0.3, 0.4) is 0 Å². The molecule has 2 N–H and O–H groups in total. The lowest BCUT2D eigenvalue weighted by atomic mass is 9.89. The van der Waals surface area contributed by atoms with Crippen LogP contribution in [0.4, 0.5) is 0 Å². The number of aliphatic carboxylic acids is 1. The smallest absolute Gasteiger partial charge is 0.308 e. The van der Waals surface area contributed by atoms with Gasteiger partial charge in [-0.05, 0) is 18.1 Å². The number of amides is 1. The van der Waals surface area contributed by atoms with Gasteiger partial charge in [0.25, 0.3) is 11.5 Å². The molecule has 3 heterocycles.